The summed E-state index contributed by atoms with van der Waals surface area (Å²) in [4.78, 5) is 30.0. The van der Waals surface area contributed by atoms with E-state index in [9.17, 15) is 9.59 Å². The fraction of sp³-hybridized carbons (Fsp3) is 0.400. The molecule has 176 valence electrons. The van der Waals surface area contributed by atoms with E-state index in [4.69, 9.17) is 4.74 Å². The summed E-state index contributed by atoms with van der Waals surface area (Å²) in [6.07, 6.45) is 2.50. The molecule has 2 aromatic rings. The van der Waals surface area contributed by atoms with E-state index in [-0.39, 0.29) is 22.4 Å². The molecule has 34 heavy (non-hydrogen) atoms. The Hall–Kier alpha value is -3.14. The largest absolute Gasteiger partial charge is 0.496 e. The van der Waals surface area contributed by atoms with Crippen molar-refractivity contribution in [2.75, 3.05) is 12.0 Å². The Morgan fingerprint density at radius 3 is 1.76 bits per heavy atom. The lowest BCUT2D eigenvalue weighted by Crippen LogP contribution is -2.44. The molecule has 2 aliphatic carbocycles. The Kier molecular flexibility index (Phi) is 5.31. The molecular formula is C30H33NO3. The molecule has 0 saturated carbocycles. The number of rotatable bonds is 3. The quantitative estimate of drug-likeness (QED) is 0.524. The van der Waals surface area contributed by atoms with Gasteiger partial charge in [0.15, 0.2) is 11.6 Å². The molecule has 0 aromatic heterocycles. The number of anilines is 1. The molecule has 0 bridgehead atoms. The lowest BCUT2D eigenvalue weighted by atomic mass is 9.63. The average molecular weight is 456 g/mol. The van der Waals surface area contributed by atoms with Crippen molar-refractivity contribution in [2.24, 2.45) is 10.8 Å². The van der Waals surface area contributed by atoms with Gasteiger partial charge in [0.25, 0.3) is 0 Å². The van der Waals surface area contributed by atoms with Gasteiger partial charge in [-0.25, -0.2) is 0 Å². The molecule has 0 amide bonds. The molecule has 0 N–H and O–H groups in total. The van der Waals surface area contributed by atoms with Crippen LogP contribution >= 0.6 is 0 Å². The van der Waals surface area contributed by atoms with Gasteiger partial charge in [0.05, 0.1) is 7.11 Å². The number of ketones is 2. The third-order valence-electron chi connectivity index (χ3n) is 7.37. The first-order chi connectivity index (χ1) is 16.1. The maximum Gasteiger partial charge on any atom is 0.162 e. The van der Waals surface area contributed by atoms with Crippen LogP contribution in [0.5, 0.6) is 5.75 Å². The first-order valence-corrected chi connectivity index (χ1v) is 12.1. The second kappa shape index (κ2) is 7.97. The molecule has 1 aliphatic heterocycles. The Bertz CT molecular complexity index is 1180. The van der Waals surface area contributed by atoms with Crippen molar-refractivity contribution in [2.45, 2.75) is 59.3 Å². The highest BCUT2D eigenvalue weighted by molar-refractivity contribution is 6.08. The van der Waals surface area contributed by atoms with Crippen molar-refractivity contribution in [3.05, 3.63) is 82.7 Å². The van der Waals surface area contributed by atoms with Gasteiger partial charge in [-0.05, 0) is 41.9 Å². The highest BCUT2D eigenvalue weighted by atomic mass is 16.5. The maximum absolute atomic E-state index is 13.9. The van der Waals surface area contributed by atoms with Gasteiger partial charge in [-0.3, -0.25) is 9.59 Å². The summed E-state index contributed by atoms with van der Waals surface area (Å²) >= 11 is 0. The summed E-state index contributed by atoms with van der Waals surface area (Å²) in [6, 6.07) is 18.0. The molecule has 0 atom stereocenters. The maximum atomic E-state index is 13.9. The van der Waals surface area contributed by atoms with Crippen molar-refractivity contribution in [1.82, 2.24) is 0 Å². The van der Waals surface area contributed by atoms with Gasteiger partial charge in [-0.15, -0.1) is 0 Å². The Balaban J connectivity index is 1.85. The number of hydrogen-bond acceptors (Lipinski definition) is 4. The molecule has 4 nitrogen and oxygen atoms in total. The molecule has 0 fully saturated rings. The number of para-hydroxylation sites is 2. The summed E-state index contributed by atoms with van der Waals surface area (Å²) in [6.45, 7) is 8.65. The Labute approximate surface area is 202 Å². The van der Waals surface area contributed by atoms with Gasteiger partial charge >= 0.3 is 0 Å². The molecule has 3 aliphatic rings. The molecule has 2 aromatic carbocycles. The van der Waals surface area contributed by atoms with Crippen molar-refractivity contribution >= 4 is 17.3 Å². The number of allylic oxidation sites excluding steroid dienone is 4. The molecule has 5 rings (SSSR count). The summed E-state index contributed by atoms with van der Waals surface area (Å²) < 4.78 is 5.74. The summed E-state index contributed by atoms with van der Waals surface area (Å²) in [5.41, 5.74) is 5.20. The van der Waals surface area contributed by atoms with Crippen LogP contribution in [0.25, 0.3) is 0 Å². The number of nitrogens with zero attached hydrogens (tertiary/aromatic N) is 1. The van der Waals surface area contributed by atoms with Crippen molar-refractivity contribution < 1.29 is 14.3 Å². The van der Waals surface area contributed by atoms with E-state index in [2.05, 4.69) is 44.7 Å². The van der Waals surface area contributed by atoms with Crippen LogP contribution in [0, 0.1) is 10.8 Å². The zero-order chi connectivity index (χ0) is 24.3. The van der Waals surface area contributed by atoms with Crippen LogP contribution in [-0.4, -0.2) is 18.7 Å². The molecule has 4 heteroatoms. The normalized spacial score (nSPS) is 22.0. The predicted octanol–water partition coefficient (Wildman–Crippen LogP) is 6.59. The van der Waals surface area contributed by atoms with Gasteiger partial charge in [0.2, 0.25) is 0 Å². The fourth-order valence-corrected chi connectivity index (χ4v) is 6.07. The second-order valence-corrected chi connectivity index (χ2v) is 11.4. The van der Waals surface area contributed by atoms with Crippen molar-refractivity contribution in [3.8, 4) is 5.75 Å². The number of benzene rings is 2. The summed E-state index contributed by atoms with van der Waals surface area (Å²) in [7, 11) is 1.65. The van der Waals surface area contributed by atoms with Gasteiger partial charge < -0.3 is 9.64 Å². The van der Waals surface area contributed by atoms with Crippen molar-refractivity contribution in [1.29, 1.82) is 0 Å². The summed E-state index contributed by atoms with van der Waals surface area (Å²) in [5, 5.41) is 0. The molecule has 0 saturated heterocycles. The predicted molar refractivity (Wildman–Crippen MR) is 135 cm³/mol. The highest BCUT2D eigenvalue weighted by Gasteiger charge is 2.49. The zero-order valence-corrected chi connectivity index (χ0v) is 20.8. The van der Waals surface area contributed by atoms with Gasteiger partial charge in [-0.2, -0.15) is 0 Å². The monoisotopic (exact) mass is 455 g/mol. The first kappa shape index (κ1) is 22.6. The number of hydrogen-bond donors (Lipinski definition) is 0. The minimum atomic E-state index is -0.395. The molecule has 1 heterocycles. The van der Waals surface area contributed by atoms with Crippen molar-refractivity contribution in [3.63, 3.8) is 0 Å². The third-order valence-corrected chi connectivity index (χ3v) is 7.37. The Morgan fingerprint density at radius 2 is 1.24 bits per heavy atom. The van der Waals surface area contributed by atoms with E-state index < -0.39 is 5.92 Å². The molecular weight excluding hydrogens is 422 g/mol. The number of carbonyl (C=O) groups excluding carboxylic acids is 2. The van der Waals surface area contributed by atoms with E-state index in [1.165, 1.54) is 0 Å². The topological polar surface area (TPSA) is 46.6 Å². The third kappa shape index (κ3) is 3.70. The first-order valence-electron chi connectivity index (χ1n) is 12.1. The lowest BCUT2D eigenvalue weighted by Gasteiger charge is -2.49. The minimum Gasteiger partial charge on any atom is -0.496 e. The van der Waals surface area contributed by atoms with Gasteiger partial charge in [0.1, 0.15) is 5.75 Å². The van der Waals surface area contributed by atoms with Crippen LogP contribution in [0.1, 0.15) is 64.9 Å². The van der Waals surface area contributed by atoms with E-state index >= 15 is 0 Å². The Morgan fingerprint density at radius 1 is 0.735 bits per heavy atom. The van der Waals surface area contributed by atoms with Crippen LogP contribution in [0.15, 0.2) is 77.1 Å². The number of carbonyl (C=O) groups is 2. The van der Waals surface area contributed by atoms with E-state index in [1.807, 2.05) is 42.5 Å². The van der Waals surface area contributed by atoms with Crippen LogP contribution < -0.4 is 9.64 Å². The van der Waals surface area contributed by atoms with Crippen LogP contribution in [-0.2, 0) is 9.59 Å². The highest BCUT2D eigenvalue weighted by Crippen LogP contribution is 2.56. The molecule has 0 spiro atoms. The number of Topliss-reactive ketones (excluding diaryl/α,β-unsaturated/α-hetero) is 2. The van der Waals surface area contributed by atoms with Crippen LogP contribution in [0.2, 0.25) is 0 Å². The van der Waals surface area contributed by atoms with E-state index in [0.717, 1.165) is 52.4 Å². The standard InChI is InChI=1S/C30H33NO3/c1-29(2)15-21-27(23(32)17-29)26(20-13-9-10-14-25(20)34-5)28-22(16-30(3,4)18-24(28)33)31(21)19-11-7-6-8-12-19/h6-14,26H,15-18H2,1-5H3. The van der Waals surface area contributed by atoms with Crippen LogP contribution in [0.4, 0.5) is 5.69 Å². The zero-order valence-electron chi connectivity index (χ0n) is 20.8. The van der Waals surface area contributed by atoms with E-state index in [1.54, 1.807) is 7.11 Å². The summed E-state index contributed by atoms with van der Waals surface area (Å²) in [5.74, 6) is 0.586. The van der Waals surface area contributed by atoms with Gasteiger partial charge in [-0.1, -0.05) is 64.1 Å². The number of ether oxygens (including phenoxy) is 1. The smallest absolute Gasteiger partial charge is 0.162 e. The minimum absolute atomic E-state index is 0.132. The average Bonchev–Trinajstić information content (AvgIpc) is 2.76. The molecule has 0 radical (unpaired) electrons. The lowest BCUT2D eigenvalue weighted by molar-refractivity contribution is -0.119. The fourth-order valence-electron chi connectivity index (χ4n) is 6.07. The van der Waals surface area contributed by atoms with E-state index in [0.29, 0.717) is 12.8 Å². The number of methoxy groups -OCH3 is 1. The molecule has 0 unspecified atom stereocenters. The van der Waals surface area contributed by atoms with Crippen LogP contribution in [0.3, 0.4) is 0 Å². The SMILES string of the molecule is COc1ccccc1C1C2=C(CC(C)(C)CC2=O)N(c2ccccc2)C2=C1C(=O)CC(C)(C)C2. The second-order valence-electron chi connectivity index (χ2n) is 11.4. The van der Waals surface area contributed by atoms with Gasteiger partial charge in [0, 0.05) is 52.6 Å².